The fourth-order valence-electron chi connectivity index (χ4n) is 3.20. The van der Waals surface area contributed by atoms with Gasteiger partial charge in [0.15, 0.2) is 10.8 Å². The predicted octanol–water partition coefficient (Wildman–Crippen LogP) is 2.07. The van der Waals surface area contributed by atoms with E-state index in [0.717, 1.165) is 0 Å². The summed E-state index contributed by atoms with van der Waals surface area (Å²) in [6.45, 7) is 1.86. The van der Waals surface area contributed by atoms with Gasteiger partial charge in [0.25, 0.3) is 0 Å². The highest BCUT2D eigenvalue weighted by Crippen LogP contribution is 2.30. The Bertz CT molecular complexity index is 1340. The minimum atomic E-state index is -0.647. The molecule has 0 saturated carbocycles. The van der Waals surface area contributed by atoms with E-state index in [1.807, 2.05) is 6.07 Å². The number of hydrogen-bond acceptors (Lipinski definition) is 10. The van der Waals surface area contributed by atoms with E-state index in [2.05, 4.69) is 19.9 Å². The molecule has 0 bridgehead atoms. The summed E-state index contributed by atoms with van der Waals surface area (Å²) < 4.78 is 5.14. The minimum Gasteiger partial charge on any atom is -0.506 e. The van der Waals surface area contributed by atoms with E-state index in [1.165, 1.54) is 11.8 Å². The number of carbonyl (C=O) groups is 1. The van der Waals surface area contributed by atoms with Gasteiger partial charge in [-0.1, -0.05) is 42.1 Å². The zero-order valence-electron chi connectivity index (χ0n) is 16.2. The highest BCUT2D eigenvalue weighted by atomic mass is 32.2. The summed E-state index contributed by atoms with van der Waals surface area (Å²) in [7, 11) is 0. The first-order valence-corrected chi connectivity index (χ1v) is 10.2. The monoisotopic (exact) mass is 422 g/mol. The van der Waals surface area contributed by atoms with Crippen molar-refractivity contribution in [2.24, 2.45) is 0 Å². The fourth-order valence-corrected chi connectivity index (χ4v) is 3.57. The van der Waals surface area contributed by atoms with E-state index in [1.54, 1.807) is 37.4 Å². The third-order valence-corrected chi connectivity index (χ3v) is 5.04. The summed E-state index contributed by atoms with van der Waals surface area (Å²) in [5, 5.41) is 12.0. The van der Waals surface area contributed by atoms with Gasteiger partial charge in [-0.05, 0) is 13.2 Å². The number of anilines is 2. The molecule has 1 aromatic carbocycles. The molecule has 152 valence electrons. The zero-order chi connectivity index (χ0) is 21.4. The number of carbonyl (C=O) groups excluding carboxylic acids is 1. The SMILES string of the molecule is CCOC(=O)c1c(N)nc2nc(N)/c(=C(\O)c3ccccc3)c3nc(SC)nc1c23. The number of aliphatic hydroxyl groups excluding tert-OH is 1. The van der Waals surface area contributed by atoms with Gasteiger partial charge in [-0.15, -0.1) is 0 Å². The minimum absolute atomic E-state index is 0.0313. The molecular formula is C20H18N6O3S. The van der Waals surface area contributed by atoms with E-state index >= 15 is 0 Å². The average Bonchev–Trinajstić information content (AvgIpc) is 2.73. The van der Waals surface area contributed by atoms with Gasteiger partial charge in [0.05, 0.1) is 28.2 Å². The van der Waals surface area contributed by atoms with Gasteiger partial charge in [-0.2, -0.15) is 0 Å². The van der Waals surface area contributed by atoms with Crippen molar-refractivity contribution < 1.29 is 14.6 Å². The van der Waals surface area contributed by atoms with Gasteiger partial charge >= 0.3 is 5.97 Å². The number of pyridine rings is 2. The molecule has 5 N–H and O–H groups in total. The predicted molar refractivity (Wildman–Crippen MR) is 116 cm³/mol. The summed E-state index contributed by atoms with van der Waals surface area (Å²) in [6.07, 6.45) is 1.80. The number of rotatable bonds is 4. The van der Waals surface area contributed by atoms with Crippen LogP contribution < -0.4 is 16.7 Å². The Hall–Kier alpha value is -3.66. The van der Waals surface area contributed by atoms with Crippen LogP contribution in [0.1, 0.15) is 22.8 Å². The Morgan fingerprint density at radius 3 is 2.40 bits per heavy atom. The quantitative estimate of drug-likeness (QED) is 0.253. The Morgan fingerprint density at radius 1 is 1.07 bits per heavy atom. The molecule has 0 saturated heterocycles. The largest absolute Gasteiger partial charge is 0.506 e. The number of thioether (sulfide) groups is 1. The van der Waals surface area contributed by atoms with E-state index < -0.39 is 5.97 Å². The van der Waals surface area contributed by atoms with E-state index in [4.69, 9.17) is 16.2 Å². The maximum Gasteiger partial charge on any atom is 0.344 e. The first-order chi connectivity index (χ1) is 14.5. The van der Waals surface area contributed by atoms with Crippen LogP contribution in [0.5, 0.6) is 0 Å². The molecule has 0 unspecified atom stereocenters. The van der Waals surface area contributed by atoms with Crippen molar-refractivity contribution in [1.29, 1.82) is 0 Å². The molecule has 0 fully saturated rings. The van der Waals surface area contributed by atoms with E-state index in [-0.39, 0.29) is 45.9 Å². The van der Waals surface area contributed by atoms with Gasteiger partial charge in [-0.25, -0.2) is 24.7 Å². The Balaban J connectivity index is 2.23. The lowest BCUT2D eigenvalue weighted by atomic mass is 10.1. The van der Waals surface area contributed by atoms with Crippen molar-refractivity contribution in [2.75, 3.05) is 24.3 Å². The molecular weight excluding hydrogens is 404 g/mol. The van der Waals surface area contributed by atoms with E-state index in [9.17, 15) is 9.90 Å². The Kier molecular flexibility index (Phi) is 5.00. The molecule has 3 heterocycles. The fraction of sp³-hybridized carbons (Fsp3) is 0.150. The molecule has 30 heavy (non-hydrogen) atoms. The lowest BCUT2D eigenvalue weighted by Gasteiger charge is -2.13. The second kappa shape index (κ2) is 7.64. The molecule has 0 radical (unpaired) electrons. The summed E-state index contributed by atoms with van der Waals surface area (Å²) >= 11 is 1.27. The molecule has 0 atom stereocenters. The molecule has 0 aliphatic heterocycles. The van der Waals surface area contributed by atoms with Gasteiger partial charge in [0.2, 0.25) is 0 Å². The first-order valence-electron chi connectivity index (χ1n) is 9.02. The topological polar surface area (TPSA) is 150 Å². The second-order valence-electron chi connectivity index (χ2n) is 6.29. The lowest BCUT2D eigenvalue weighted by molar-refractivity contribution is 0.0529. The van der Waals surface area contributed by atoms with Crippen LogP contribution in [0.4, 0.5) is 11.6 Å². The third kappa shape index (κ3) is 3.11. The molecule has 0 amide bonds. The molecule has 9 nitrogen and oxygen atoms in total. The van der Waals surface area contributed by atoms with Crippen LogP contribution in [-0.4, -0.2) is 43.9 Å². The summed E-state index contributed by atoms with van der Waals surface area (Å²) in [5.74, 6) is -0.772. The number of nitrogen functional groups attached to an aromatic ring is 2. The highest BCUT2D eigenvalue weighted by Gasteiger charge is 2.24. The number of esters is 1. The molecule has 10 heteroatoms. The van der Waals surface area contributed by atoms with Crippen LogP contribution in [0.2, 0.25) is 0 Å². The number of nitrogens with two attached hydrogens (primary N) is 2. The average molecular weight is 422 g/mol. The van der Waals surface area contributed by atoms with Crippen LogP contribution in [0.25, 0.3) is 27.8 Å². The normalized spacial score (nSPS) is 12.3. The van der Waals surface area contributed by atoms with Gasteiger partial charge in [-0.3, -0.25) is 0 Å². The van der Waals surface area contributed by atoms with Crippen molar-refractivity contribution >= 4 is 57.2 Å². The number of hydrogen-bond donors (Lipinski definition) is 3. The van der Waals surface area contributed by atoms with Crippen molar-refractivity contribution in [2.45, 2.75) is 12.1 Å². The van der Waals surface area contributed by atoms with Crippen molar-refractivity contribution in [3.05, 3.63) is 46.7 Å². The molecule has 0 aliphatic carbocycles. The van der Waals surface area contributed by atoms with Gasteiger partial charge in [0, 0.05) is 5.56 Å². The van der Waals surface area contributed by atoms with Crippen molar-refractivity contribution in [1.82, 2.24) is 19.9 Å². The molecule has 0 spiro atoms. The molecule has 4 aromatic rings. The Morgan fingerprint density at radius 2 is 1.73 bits per heavy atom. The Labute approximate surface area is 175 Å². The van der Waals surface area contributed by atoms with Crippen molar-refractivity contribution in [3.63, 3.8) is 0 Å². The number of aliphatic hydroxyl groups is 1. The number of aromatic nitrogens is 4. The highest BCUT2D eigenvalue weighted by molar-refractivity contribution is 7.98. The van der Waals surface area contributed by atoms with Crippen molar-refractivity contribution in [3.8, 4) is 0 Å². The summed E-state index contributed by atoms with van der Waals surface area (Å²) in [4.78, 5) is 30.1. The third-order valence-electron chi connectivity index (χ3n) is 4.50. The number of ether oxygens (including phenoxy) is 1. The van der Waals surface area contributed by atoms with Crippen LogP contribution >= 0.6 is 11.8 Å². The van der Waals surface area contributed by atoms with Crippen LogP contribution in [0.3, 0.4) is 0 Å². The smallest absolute Gasteiger partial charge is 0.344 e. The van der Waals surface area contributed by atoms with Gasteiger partial charge < -0.3 is 21.3 Å². The zero-order valence-corrected chi connectivity index (χ0v) is 17.0. The molecule has 0 aliphatic rings. The van der Waals surface area contributed by atoms with Crippen LogP contribution in [0, 0.1) is 0 Å². The first kappa shape index (κ1) is 19.6. The van der Waals surface area contributed by atoms with Crippen LogP contribution in [0.15, 0.2) is 35.5 Å². The maximum atomic E-state index is 12.6. The maximum absolute atomic E-state index is 12.6. The summed E-state index contributed by atoms with van der Waals surface area (Å²) in [6, 6.07) is 8.90. The molecule has 3 aromatic heterocycles. The second-order valence-corrected chi connectivity index (χ2v) is 7.06. The van der Waals surface area contributed by atoms with Gasteiger partial charge in [0.1, 0.15) is 23.0 Å². The van der Waals surface area contributed by atoms with E-state index in [0.29, 0.717) is 21.6 Å². The number of nitrogens with zero attached hydrogens (tertiary/aromatic N) is 4. The van der Waals surface area contributed by atoms with Crippen LogP contribution in [-0.2, 0) is 4.74 Å². The summed E-state index contributed by atoms with van der Waals surface area (Å²) in [5.41, 5.74) is 13.6. The number of benzene rings is 1. The standard InChI is InChI=1S/C20H18N6O3S/c1-3-29-19(28)12-14-10-13(23-20(24-14)30-2)11(15(27)9-7-5-4-6-8-9)16(21)25-18(10)26-17(12)22/h4-8,27H,3H2,1-2H3,(H4,21,22,25,26)/b15-11-. The lowest BCUT2D eigenvalue weighted by Crippen LogP contribution is -2.20. The molecule has 4 rings (SSSR count).